The number of rotatable bonds is 7. The zero-order valence-corrected chi connectivity index (χ0v) is 12.4. The molecule has 0 fully saturated rings. The Hall–Kier alpha value is -1.81. The van der Waals surface area contributed by atoms with Crippen molar-refractivity contribution in [2.75, 3.05) is 6.61 Å². The maximum atomic E-state index is 5.70. The van der Waals surface area contributed by atoms with Gasteiger partial charge in [-0.1, -0.05) is 25.1 Å². The van der Waals surface area contributed by atoms with Gasteiger partial charge in [-0.05, 0) is 26.3 Å². The Bertz CT molecular complexity index is 510. The van der Waals surface area contributed by atoms with E-state index in [9.17, 15) is 0 Å². The molecule has 0 aliphatic carbocycles. The van der Waals surface area contributed by atoms with Crippen LogP contribution in [0.5, 0.6) is 5.75 Å². The number of nitrogens with zero attached hydrogens (tertiary/aromatic N) is 1. The Morgan fingerprint density at radius 2 is 2.10 bits per heavy atom. The van der Waals surface area contributed by atoms with Crippen LogP contribution in [0.15, 0.2) is 36.7 Å². The van der Waals surface area contributed by atoms with Gasteiger partial charge in [0.05, 0.1) is 12.6 Å². The highest BCUT2D eigenvalue weighted by atomic mass is 16.5. The summed E-state index contributed by atoms with van der Waals surface area (Å²) in [6.45, 7) is 7.00. The summed E-state index contributed by atoms with van der Waals surface area (Å²) in [5, 5.41) is 3.61. The first-order chi connectivity index (χ1) is 9.76. The highest BCUT2D eigenvalue weighted by Gasteiger charge is 2.17. The van der Waals surface area contributed by atoms with Crippen molar-refractivity contribution in [3.05, 3.63) is 48.0 Å². The lowest BCUT2D eigenvalue weighted by Crippen LogP contribution is -2.25. The molecule has 1 heterocycles. The Kier molecular flexibility index (Phi) is 5.18. The second-order valence-electron chi connectivity index (χ2n) is 4.79. The third-order valence-electron chi connectivity index (χ3n) is 3.39. The van der Waals surface area contributed by atoms with E-state index in [4.69, 9.17) is 4.74 Å². The monoisotopic (exact) mass is 273 g/mol. The van der Waals surface area contributed by atoms with Crippen molar-refractivity contribution in [3.8, 4) is 5.75 Å². The molecule has 0 bridgehead atoms. The number of hydrogen-bond acceptors (Lipinski definition) is 3. The summed E-state index contributed by atoms with van der Waals surface area (Å²) in [5.74, 6) is 1.93. The molecule has 4 heteroatoms. The van der Waals surface area contributed by atoms with Crippen LogP contribution in [0.2, 0.25) is 0 Å². The van der Waals surface area contributed by atoms with Crippen LogP contribution in [0, 0.1) is 0 Å². The largest absolute Gasteiger partial charge is 0.494 e. The highest BCUT2D eigenvalue weighted by Crippen LogP contribution is 2.27. The van der Waals surface area contributed by atoms with E-state index < -0.39 is 0 Å². The molecule has 0 saturated carbocycles. The standard InChI is InChI=1S/C16H23N3O/c1-4-14(16-17-10-11-18-16)19-12(3)13-8-6-7-9-15(13)20-5-2/h6-12,14,19H,4-5H2,1-3H3,(H,17,18). The van der Waals surface area contributed by atoms with E-state index in [1.807, 2.05) is 31.3 Å². The van der Waals surface area contributed by atoms with Gasteiger partial charge in [-0.3, -0.25) is 0 Å². The highest BCUT2D eigenvalue weighted by molar-refractivity contribution is 5.35. The molecule has 0 aliphatic rings. The number of ether oxygens (including phenoxy) is 1. The van der Waals surface area contributed by atoms with Crippen LogP contribution >= 0.6 is 0 Å². The second-order valence-corrected chi connectivity index (χ2v) is 4.79. The predicted octanol–water partition coefficient (Wildman–Crippen LogP) is 3.61. The second kappa shape index (κ2) is 7.10. The van der Waals surface area contributed by atoms with Gasteiger partial charge in [0.2, 0.25) is 0 Å². The fourth-order valence-corrected chi connectivity index (χ4v) is 2.37. The summed E-state index contributed by atoms with van der Waals surface area (Å²) < 4.78 is 5.70. The van der Waals surface area contributed by atoms with Crippen molar-refractivity contribution in [2.24, 2.45) is 0 Å². The van der Waals surface area contributed by atoms with Crippen LogP contribution in [0.1, 0.15) is 50.7 Å². The first-order valence-electron chi connectivity index (χ1n) is 7.23. The first kappa shape index (κ1) is 14.6. The molecule has 20 heavy (non-hydrogen) atoms. The van der Waals surface area contributed by atoms with E-state index in [2.05, 4.69) is 35.2 Å². The average Bonchev–Trinajstić information content (AvgIpc) is 2.99. The number of hydrogen-bond donors (Lipinski definition) is 2. The molecule has 2 unspecified atom stereocenters. The molecule has 0 aliphatic heterocycles. The van der Waals surface area contributed by atoms with E-state index in [0.29, 0.717) is 6.61 Å². The van der Waals surface area contributed by atoms with Gasteiger partial charge < -0.3 is 15.0 Å². The smallest absolute Gasteiger partial charge is 0.124 e. The lowest BCUT2D eigenvalue weighted by atomic mass is 10.1. The summed E-state index contributed by atoms with van der Waals surface area (Å²) in [4.78, 5) is 7.52. The molecular formula is C16H23N3O. The molecule has 1 aromatic carbocycles. The average molecular weight is 273 g/mol. The van der Waals surface area contributed by atoms with Gasteiger partial charge in [-0.25, -0.2) is 4.98 Å². The van der Waals surface area contributed by atoms with Gasteiger partial charge >= 0.3 is 0 Å². The van der Waals surface area contributed by atoms with Gasteiger partial charge in [-0.15, -0.1) is 0 Å². The van der Waals surface area contributed by atoms with Gasteiger partial charge in [0.25, 0.3) is 0 Å². The van der Waals surface area contributed by atoms with E-state index in [-0.39, 0.29) is 12.1 Å². The van der Waals surface area contributed by atoms with E-state index in [1.165, 1.54) is 5.56 Å². The fraction of sp³-hybridized carbons (Fsp3) is 0.438. The number of H-pyrrole nitrogens is 1. The zero-order chi connectivity index (χ0) is 14.4. The van der Waals surface area contributed by atoms with Crippen molar-refractivity contribution in [3.63, 3.8) is 0 Å². The molecule has 108 valence electrons. The van der Waals surface area contributed by atoms with Gasteiger partial charge in [-0.2, -0.15) is 0 Å². The van der Waals surface area contributed by atoms with E-state index >= 15 is 0 Å². The minimum Gasteiger partial charge on any atom is -0.494 e. The molecule has 0 radical (unpaired) electrons. The minimum absolute atomic E-state index is 0.202. The normalized spacial score (nSPS) is 13.9. The molecule has 2 N–H and O–H groups in total. The summed E-state index contributed by atoms with van der Waals surface area (Å²) in [6.07, 6.45) is 4.63. The number of aromatic amines is 1. The quantitative estimate of drug-likeness (QED) is 0.810. The molecular weight excluding hydrogens is 250 g/mol. The van der Waals surface area contributed by atoms with Crippen LogP contribution in [-0.2, 0) is 0 Å². The van der Waals surface area contributed by atoms with Crippen LogP contribution in [-0.4, -0.2) is 16.6 Å². The van der Waals surface area contributed by atoms with Gasteiger partial charge in [0, 0.05) is 24.0 Å². The van der Waals surface area contributed by atoms with Crippen LogP contribution in [0.4, 0.5) is 0 Å². The first-order valence-corrected chi connectivity index (χ1v) is 7.23. The van der Waals surface area contributed by atoms with Crippen molar-refractivity contribution in [1.82, 2.24) is 15.3 Å². The predicted molar refractivity (Wildman–Crippen MR) is 80.8 cm³/mol. The van der Waals surface area contributed by atoms with Crippen molar-refractivity contribution < 1.29 is 4.74 Å². The Balaban J connectivity index is 2.13. The number of benzene rings is 1. The molecule has 2 aromatic rings. The number of imidazole rings is 1. The summed E-state index contributed by atoms with van der Waals surface area (Å²) in [7, 11) is 0. The van der Waals surface area contributed by atoms with Crippen LogP contribution < -0.4 is 10.1 Å². The van der Waals surface area contributed by atoms with Crippen molar-refractivity contribution in [1.29, 1.82) is 0 Å². The summed E-state index contributed by atoms with van der Waals surface area (Å²) in [5.41, 5.74) is 1.18. The SMILES string of the molecule is CCOc1ccccc1C(C)NC(CC)c1ncc[nH]1. The summed E-state index contributed by atoms with van der Waals surface area (Å²) in [6, 6.07) is 8.60. The maximum absolute atomic E-state index is 5.70. The zero-order valence-electron chi connectivity index (χ0n) is 12.4. The van der Waals surface area contributed by atoms with Crippen LogP contribution in [0.3, 0.4) is 0 Å². The molecule has 2 rings (SSSR count). The Labute approximate surface area is 120 Å². The minimum atomic E-state index is 0.202. The van der Waals surface area contributed by atoms with E-state index in [0.717, 1.165) is 18.0 Å². The number of nitrogens with one attached hydrogen (secondary N) is 2. The van der Waals surface area contributed by atoms with Crippen LogP contribution in [0.25, 0.3) is 0 Å². The lowest BCUT2D eigenvalue weighted by molar-refractivity contribution is 0.329. The Morgan fingerprint density at radius 3 is 2.75 bits per heavy atom. The molecule has 2 atom stereocenters. The number of aromatic nitrogens is 2. The molecule has 0 spiro atoms. The maximum Gasteiger partial charge on any atom is 0.124 e. The van der Waals surface area contributed by atoms with Gasteiger partial charge in [0.1, 0.15) is 11.6 Å². The third-order valence-corrected chi connectivity index (χ3v) is 3.39. The topological polar surface area (TPSA) is 49.9 Å². The molecule has 0 saturated heterocycles. The number of para-hydroxylation sites is 1. The van der Waals surface area contributed by atoms with Crippen molar-refractivity contribution >= 4 is 0 Å². The molecule has 1 aromatic heterocycles. The summed E-state index contributed by atoms with van der Waals surface area (Å²) >= 11 is 0. The fourth-order valence-electron chi connectivity index (χ4n) is 2.37. The Morgan fingerprint density at radius 1 is 1.30 bits per heavy atom. The van der Waals surface area contributed by atoms with Crippen molar-refractivity contribution in [2.45, 2.75) is 39.3 Å². The third kappa shape index (κ3) is 3.39. The molecule has 0 amide bonds. The molecule has 4 nitrogen and oxygen atoms in total. The van der Waals surface area contributed by atoms with E-state index in [1.54, 1.807) is 6.20 Å². The van der Waals surface area contributed by atoms with Gasteiger partial charge in [0.15, 0.2) is 0 Å². The lowest BCUT2D eigenvalue weighted by Gasteiger charge is -2.23.